The molecule has 0 radical (unpaired) electrons. The molecule has 0 aromatic heterocycles. The zero-order chi connectivity index (χ0) is 25.4. The van der Waals surface area contributed by atoms with Crippen molar-refractivity contribution in [2.45, 2.75) is 52.6 Å². The number of allylic oxidation sites excluding steroid dienone is 6. The Labute approximate surface area is 214 Å². The number of hydrogen-bond donors (Lipinski definition) is 4. The summed E-state index contributed by atoms with van der Waals surface area (Å²) in [6.45, 7) is 11.9. The van der Waals surface area contributed by atoms with Crippen molar-refractivity contribution in [2.75, 3.05) is 12.4 Å². The molecule has 4 N–H and O–H groups in total. The molecule has 1 aromatic carbocycles. The highest BCUT2D eigenvalue weighted by Gasteiger charge is 2.24. The standard InChI is InChI=1S/C28H36N6O.4H2/c1-7-10-21-14-25-26(15-21)34-27(17-30-25)31-20(5)22-11-9-12-24(16-22)33-28(35)32-23(8-2)13-18(3)19(4)29-6;;;;/h8-14,16-17,20,26,29H,2,7,15H2,1,3-6H3,(H,31,34)(H2,32,33,35);4*1H/b19-18+,21-10?,23-13+;;;;/t20-,26?;;;;/m0..../s1. The topological polar surface area (TPSA) is 89.9 Å². The molecule has 35 heavy (non-hydrogen) atoms. The first-order valence-electron chi connectivity index (χ1n) is 12.0. The number of aliphatic imine (C=N–C) groups is 2. The summed E-state index contributed by atoms with van der Waals surface area (Å²) in [5.41, 5.74) is 6.71. The van der Waals surface area contributed by atoms with Crippen molar-refractivity contribution < 1.29 is 10.5 Å². The molecule has 1 heterocycles. The van der Waals surface area contributed by atoms with E-state index in [2.05, 4.69) is 58.8 Å². The summed E-state index contributed by atoms with van der Waals surface area (Å²) in [7, 11) is 1.86. The maximum absolute atomic E-state index is 12.6. The second-order valence-corrected chi connectivity index (χ2v) is 8.68. The quantitative estimate of drug-likeness (QED) is 0.320. The van der Waals surface area contributed by atoms with Crippen LogP contribution in [0.4, 0.5) is 10.5 Å². The fourth-order valence-electron chi connectivity index (χ4n) is 3.89. The van der Waals surface area contributed by atoms with Gasteiger partial charge >= 0.3 is 6.03 Å². The van der Waals surface area contributed by atoms with Crippen molar-refractivity contribution in [3.8, 4) is 0 Å². The van der Waals surface area contributed by atoms with Gasteiger partial charge in [-0.25, -0.2) is 4.79 Å². The summed E-state index contributed by atoms with van der Waals surface area (Å²) in [5.74, 6) is 0.773. The van der Waals surface area contributed by atoms with E-state index >= 15 is 0 Å². The number of nitrogens with zero attached hydrogens (tertiary/aromatic N) is 2. The van der Waals surface area contributed by atoms with Gasteiger partial charge in [0.1, 0.15) is 5.84 Å². The van der Waals surface area contributed by atoms with E-state index in [0.717, 1.165) is 41.2 Å². The molecule has 0 spiro atoms. The van der Waals surface area contributed by atoms with Crippen LogP contribution in [0.15, 0.2) is 93.4 Å². The first-order chi connectivity index (χ1) is 16.8. The van der Waals surface area contributed by atoms with Crippen molar-refractivity contribution >= 4 is 23.8 Å². The highest BCUT2D eigenvalue weighted by molar-refractivity contribution is 6.30. The van der Waals surface area contributed by atoms with Gasteiger partial charge in [-0.05, 0) is 74.3 Å². The minimum atomic E-state index is -0.330. The number of amidine groups is 1. The number of urea groups is 1. The van der Waals surface area contributed by atoms with E-state index in [-0.39, 0.29) is 23.8 Å². The lowest BCUT2D eigenvalue weighted by Crippen LogP contribution is -2.31. The Morgan fingerprint density at radius 1 is 1.34 bits per heavy atom. The Balaban J connectivity index is 0. The molecule has 1 aliphatic heterocycles. The Morgan fingerprint density at radius 2 is 2.14 bits per heavy atom. The summed E-state index contributed by atoms with van der Waals surface area (Å²) in [4.78, 5) is 22.0. The normalized spacial score (nSPS) is 19.7. The van der Waals surface area contributed by atoms with Crippen LogP contribution in [0.1, 0.15) is 57.8 Å². The fraction of sp³-hybridized carbons (Fsp3) is 0.321. The number of fused-ring (bicyclic) bond motifs is 1. The monoisotopic (exact) mass is 480 g/mol. The van der Waals surface area contributed by atoms with Crippen LogP contribution >= 0.6 is 0 Å². The summed E-state index contributed by atoms with van der Waals surface area (Å²) in [6.07, 6.45) is 11.6. The number of benzene rings is 1. The SMILES string of the molecule is C=C/C(=C\C(C)=C(/C)NC)NC(=O)Nc1cccc([C@H](C)NC2=NC3CC(=CCC)C=C3N=C2)c1.[HH].[HH].[HH].[HH]. The summed E-state index contributed by atoms with van der Waals surface area (Å²) in [5, 5.41) is 12.3. The minimum Gasteiger partial charge on any atom is -0.391 e. The zero-order valence-corrected chi connectivity index (χ0v) is 21.3. The van der Waals surface area contributed by atoms with Crippen LogP contribution in [-0.2, 0) is 0 Å². The van der Waals surface area contributed by atoms with Crippen molar-refractivity contribution in [1.82, 2.24) is 16.0 Å². The zero-order valence-electron chi connectivity index (χ0n) is 21.3. The molecule has 1 aromatic rings. The highest BCUT2D eigenvalue weighted by atomic mass is 16.2. The average molecular weight is 481 g/mol. The fourth-order valence-corrected chi connectivity index (χ4v) is 3.89. The molecule has 0 saturated carbocycles. The number of rotatable bonds is 8. The van der Waals surface area contributed by atoms with Crippen molar-refractivity contribution in [3.05, 3.63) is 88.9 Å². The molecular weight excluding hydrogens is 436 g/mol. The van der Waals surface area contributed by atoms with Gasteiger partial charge in [0.15, 0.2) is 0 Å². The van der Waals surface area contributed by atoms with Gasteiger partial charge in [-0.15, -0.1) is 0 Å². The lowest BCUT2D eigenvalue weighted by molar-refractivity contribution is 0.254. The molecule has 0 bridgehead atoms. The molecule has 2 amide bonds. The molecule has 0 saturated heterocycles. The number of carbonyl (C=O) groups is 1. The van der Waals surface area contributed by atoms with Crippen molar-refractivity contribution in [1.29, 1.82) is 0 Å². The Bertz CT molecular complexity index is 1170. The molecule has 192 valence electrons. The summed E-state index contributed by atoms with van der Waals surface area (Å²) < 4.78 is 0. The second-order valence-electron chi connectivity index (χ2n) is 8.68. The number of amides is 2. The smallest absolute Gasteiger partial charge is 0.323 e. The van der Waals surface area contributed by atoms with Gasteiger partial charge in [-0.2, -0.15) is 0 Å². The number of nitrogens with one attached hydrogen (secondary N) is 4. The third-order valence-electron chi connectivity index (χ3n) is 6.03. The van der Waals surface area contributed by atoms with Crippen LogP contribution in [0.25, 0.3) is 0 Å². The van der Waals surface area contributed by atoms with Crippen molar-refractivity contribution in [3.63, 3.8) is 0 Å². The first kappa shape index (κ1) is 25.7. The lowest BCUT2D eigenvalue weighted by Gasteiger charge is -2.20. The molecule has 3 rings (SSSR count). The van der Waals surface area contributed by atoms with Crippen LogP contribution < -0.4 is 21.3 Å². The van der Waals surface area contributed by atoms with Crippen LogP contribution in [0.5, 0.6) is 0 Å². The number of carbonyl (C=O) groups excluding carboxylic acids is 1. The Kier molecular flexibility index (Phi) is 8.84. The van der Waals surface area contributed by atoms with E-state index in [9.17, 15) is 4.79 Å². The van der Waals surface area contributed by atoms with E-state index in [1.54, 1.807) is 12.3 Å². The highest BCUT2D eigenvalue weighted by Crippen LogP contribution is 2.29. The van der Waals surface area contributed by atoms with Gasteiger partial charge < -0.3 is 21.3 Å². The van der Waals surface area contributed by atoms with Crippen LogP contribution in [0.2, 0.25) is 0 Å². The van der Waals surface area contributed by atoms with Gasteiger partial charge in [0, 0.05) is 36.3 Å². The number of anilines is 1. The van der Waals surface area contributed by atoms with Crippen LogP contribution in [-0.4, -0.2) is 31.2 Å². The molecule has 2 aliphatic rings. The van der Waals surface area contributed by atoms with E-state index in [1.165, 1.54) is 5.57 Å². The van der Waals surface area contributed by atoms with Gasteiger partial charge in [-0.3, -0.25) is 9.98 Å². The Hall–Kier alpha value is -3.87. The van der Waals surface area contributed by atoms with Gasteiger partial charge in [0.2, 0.25) is 0 Å². The average Bonchev–Trinajstić information content (AvgIpc) is 3.25. The van der Waals surface area contributed by atoms with Gasteiger partial charge in [0.05, 0.1) is 24.0 Å². The maximum Gasteiger partial charge on any atom is 0.323 e. The van der Waals surface area contributed by atoms with E-state index in [0.29, 0.717) is 11.4 Å². The molecule has 7 nitrogen and oxygen atoms in total. The summed E-state index contributed by atoms with van der Waals surface area (Å²) in [6, 6.07) is 7.51. The lowest BCUT2D eigenvalue weighted by atomic mass is 10.1. The molecule has 2 atom stereocenters. The van der Waals surface area contributed by atoms with Crippen LogP contribution in [0, 0.1) is 0 Å². The van der Waals surface area contributed by atoms with Crippen molar-refractivity contribution in [2.24, 2.45) is 9.98 Å². The molecule has 0 fully saturated rings. The molecule has 7 heteroatoms. The van der Waals surface area contributed by atoms with E-state index in [1.807, 2.05) is 51.2 Å². The predicted molar refractivity (Wildman–Crippen MR) is 155 cm³/mol. The largest absolute Gasteiger partial charge is 0.391 e. The van der Waals surface area contributed by atoms with E-state index in [4.69, 9.17) is 4.99 Å². The second kappa shape index (κ2) is 12.0. The Morgan fingerprint density at radius 3 is 2.86 bits per heavy atom. The molecule has 1 unspecified atom stereocenters. The van der Waals surface area contributed by atoms with Gasteiger partial charge in [0.25, 0.3) is 0 Å². The van der Waals surface area contributed by atoms with Crippen LogP contribution in [0.3, 0.4) is 0 Å². The predicted octanol–water partition coefficient (Wildman–Crippen LogP) is 6.50. The molecule has 1 aliphatic carbocycles. The molecular formula is C28H44N6O. The maximum atomic E-state index is 12.6. The van der Waals surface area contributed by atoms with Gasteiger partial charge in [-0.1, -0.05) is 31.7 Å². The third-order valence-corrected chi connectivity index (χ3v) is 6.03. The third kappa shape index (κ3) is 7.06. The summed E-state index contributed by atoms with van der Waals surface area (Å²) >= 11 is 0. The minimum absolute atomic E-state index is 0. The first-order valence-corrected chi connectivity index (χ1v) is 12.0. The number of hydrogen-bond acceptors (Lipinski definition) is 5. The van der Waals surface area contributed by atoms with E-state index < -0.39 is 0 Å².